The van der Waals surface area contributed by atoms with Crippen molar-refractivity contribution in [1.82, 2.24) is 4.90 Å². The van der Waals surface area contributed by atoms with E-state index in [1.807, 2.05) is 11.9 Å². The van der Waals surface area contributed by atoms with Gasteiger partial charge in [-0.25, -0.2) is 0 Å². The van der Waals surface area contributed by atoms with Crippen LogP contribution < -0.4 is 11.3 Å². The van der Waals surface area contributed by atoms with E-state index in [1.54, 1.807) is 18.2 Å². The minimum atomic E-state index is -0.0285. The molecule has 5 heteroatoms. The summed E-state index contributed by atoms with van der Waals surface area (Å²) in [6, 6.07) is 5.41. The molecule has 2 unspecified atom stereocenters. The molecule has 1 amide bonds. The number of amides is 1. The zero-order valence-corrected chi connectivity index (χ0v) is 12.8. The molecule has 0 saturated heterocycles. The molecular weight excluding hydrogens is 274 g/mol. The van der Waals surface area contributed by atoms with Gasteiger partial charge in [-0.3, -0.25) is 10.6 Å². The Bertz CT molecular complexity index is 492. The molecule has 1 saturated carbocycles. The molecule has 0 aromatic heterocycles. The molecule has 0 heterocycles. The minimum Gasteiger partial charge on any atom is -0.338 e. The van der Waals surface area contributed by atoms with Crippen molar-refractivity contribution in [1.29, 1.82) is 0 Å². The summed E-state index contributed by atoms with van der Waals surface area (Å²) in [5.41, 5.74) is 3.70. The summed E-state index contributed by atoms with van der Waals surface area (Å²) in [5.74, 6) is 5.99. The molecule has 0 radical (unpaired) electrons. The van der Waals surface area contributed by atoms with E-state index in [0.717, 1.165) is 6.42 Å². The number of hydrogen-bond acceptors (Lipinski definition) is 3. The van der Waals surface area contributed by atoms with Crippen LogP contribution in [0, 0.1) is 5.92 Å². The van der Waals surface area contributed by atoms with E-state index in [0.29, 0.717) is 28.2 Å². The predicted octanol–water partition coefficient (Wildman–Crippen LogP) is 3.28. The van der Waals surface area contributed by atoms with E-state index < -0.39 is 0 Å². The van der Waals surface area contributed by atoms with E-state index in [9.17, 15) is 4.79 Å². The number of nitrogens with two attached hydrogens (primary N) is 1. The van der Waals surface area contributed by atoms with Gasteiger partial charge < -0.3 is 10.3 Å². The smallest absolute Gasteiger partial charge is 0.256 e. The molecule has 2 atom stereocenters. The molecule has 20 heavy (non-hydrogen) atoms. The third-order valence-electron chi connectivity index (χ3n) is 4.25. The average molecular weight is 296 g/mol. The van der Waals surface area contributed by atoms with Crippen molar-refractivity contribution in [3.8, 4) is 0 Å². The standard InChI is InChI=1S/C15H22ClN3O/c1-10-5-3-4-6-14(10)19(2)15(20)12-9-11(16)7-8-13(12)18-17/h7-10,14,18H,3-6,17H2,1-2H3. The van der Waals surface area contributed by atoms with Gasteiger partial charge in [0, 0.05) is 18.1 Å². The lowest BCUT2D eigenvalue weighted by molar-refractivity contribution is 0.0630. The number of carbonyl (C=O) groups is 1. The molecule has 1 aromatic carbocycles. The highest BCUT2D eigenvalue weighted by Crippen LogP contribution is 2.29. The quantitative estimate of drug-likeness (QED) is 0.664. The number of anilines is 1. The molecule has 0 bridgehead atoms. The lowest BCUT2D eigenvalue weighted by Crippen LogP contribution is -2.42. The maximum absolute atomic E-state index is 12.7. The number of benzene rings is 1. The second-order valence-electron chi connectivity index (χ2n) is 5.58. The van der Waals surface area contributed by atoms with Crippen LogP contribution in [0.5, 0.6) is 0 Å². The third kappa shape index (κ3) is 3.07. The van der Waals surface area contributed by atoms with Gasteiger partial charge in [0.1, 0.15) is 0 Å². The fraction of sp³-hybridized carbons (Fsp3) is 0.533. The maximum Gasteiger partial charge on any atom is 0.256 e. The van der Waals surface area contributed by atoms with Crippen LogP contribution in [-0.4, -0.2) is 23.9 Å². The molecule has 3 N–H and O–H groups in total. The minimum absolute atomic E-state index is 0.0285. The fourth-order valence-corrected chi connectivity index (χ4v) is 3.20. The van der Waals surface area contributed by atoms with Crippen LogP contribution in [0.4, 0.5) is 5.69 Å². The highest BCUT2D eigenvalue weighted by atomic mass is 35.5. The molecule has 1 aliphatic rings. The van der Waals surface area contributed by atoms with E-state index >= 15 is 0 Å². The molecule has 0 aliphatic heterocycles. The summed E-state index contributed by atoms with van der Waals surface area (Å²) in [7, 11) is 1.87. The number of halogens is 1. The number of rotatable bonds is 3. The summed E-state index contributed by atoms with van der Waals surface area (Å²) >= 11 is 6.00. The Morgan fingerprint density at radius 1 is 1.40 bits per heavy atom. The highest BCUT2D eigenvalue weighted by molar-refractivity contribution is 6.31. The molecule has 2 rings (SSSR count). The van der Waals surface area contributed by atoms with Crippen molar-refractivity contribution < 1.29 is 4.79 Å². The van der Waals surface area contributed by atoms with Crippen LogP contribution in [-0.2, 0) is 0 Å². The summed E-state index contributed by atoms with van der Waals surface area (Å²) in [5, 5.41) is 0.539. The average Bonchev–Trinajstić information content (AvgIpc) is 2.46. The van der Waals surface area contributed by atoms with E-state index in [1.165, 1.54) is 19.3 Å². The monoisotopic (exact) mass is 295 g/mol. The van der Waals surface area contributed by atoms with Crippen molar-refractivity contribution in [2.24, 2.45) is 11.8 Å². The van der Waals surface area contributed by atoms with Crippen molar-refractivity contribution >= 4 is 23.2 Å². The number of nitrogens with zero attached hydrogens (tertiary/aromatic N) is 1. The zero-order chi connectivity index (χ0) is 14.7. The number of carbonyl (C=O) groups excluding carboxylic acids is 1. The molecule has 4 nitrogen and oxygen atoms in total. The Balaban J connectivity index is 2.23. The van der Waals surface area contributed by atoms with Gasteiger partial charge in [-0.1, -0.05) is 31.4 Å². The summed E-state index contributed by atoms with van der Waals surface area (Å²) < 4.78 is 0. The SMILES string of the molecule is CC1CCCCC1N(C)C(=O)c1cc(Cl)ccc1NN. The van der Waals surface area contributed by atoms with Gasteiger partial charge in [0.15, 0.2) is 0 Å². The highest BCUT2D eigenvalue weighted by Gasteiger charge is 2.29. The summed E-state index contributed by atoms with van der Waals surface area (Å²) in [4.78, 5) is 14.5. The van der Waals surface area contributed by atoms with E-state index in [4.69, 9.17) is 17.4 Å². The first kappa shape index (κ1) is 15.1. The van der Waals surface area contributed by atoms with Gasteiger partial charge in [0.05, 0.1) is 11.3 Å². The first-order valence-corrected chi connectivity index (χ1v) is 7.45. The summed E-state index contributed by atoms with van der Waals surface area (Å²) in [6.07, 6.45) is 4.69. The Morgan fingerprint density at radius 2 is 2.10 bits per heavy atom. The first-order chi connectivity index (χ1) is 9.54. The Morgan fingerprint density at radius 3 is 2.75 bits per heavy atom. The van der Waals surface area contributed by atoms with Crippen LogP contribution in [0.25, 0.3) is 0 Å². The third-order valence-corrected chi connectivity index (χ3v) is 4.49. The van der Waals surface area contributed by atoms with Crippen molar-refractivity contribution in [3.05, 3.63) is 28.8 Å². The van der Waals surface area contributed by atoms with E-state index in [2.05, 4.69) is 12.3 Å². The van der Waals surface area contributed by atoms with Crippen LogP contribution in [0.1, 0.15) is 43.0 Å². The van der Waals surface area contributed by atoms with Gasteiger partial charge in [0.2, 0.25) is 0 Å². The van der Waals surface area contributed by atoms with Crippen LogP contribution in [0.3, 0.4) is 0 Å². The predicted molar refractivity (Wildman–Crippen MR) is 82.8 cm³/mol. The number of nitrogens with one attached hydrogen (secondary N) is 1. The summed E-state index contributed by atoms with van der Waals surface area (Å²) in [6.45, 7) is 2.22. The van der Waals surface area contributed by atoms with Gasteiger partial charge in [-0.15, -0.1) is 0 Å². The van der Waals surface area contributed by atoms with Crippen LogP contribution in [0.2, 0.25) is 5.02 Å². The molecule has 1 aromatic rings. The van der Waals surface area contributed by atoms with Crippen molar-refractivity contribution in [2.75, 3.05) is 12.5 Å². The molecule has 110 valence electrons. The molecular formula is C15H22ClN3O. The Kier molecular flexibility index (Phi) is 4.89. The van der Waals surface area contributed by atoms with Gasteiger partial charge in [0.25, 0.3) is 5.91 Å². The lowest BCUT2D eigenvalue weighted by atomic mass is 9.85. The van der Waals surface area contributed by atoms with Crippen molar-refractivity contribution in [2.45, 2.75) is 38.6 Å². The molecule has 1 fully saturated rings. The van der Waals surface area contributed by atoms with Gasteiger partial charge in [-0.05, 0) is 37.0 Å². The van der Waals surface area contributed by atoms with Crippen LogP contribution in [0.15, 0.2) is 18.2 Å². The van der Waals surface area contributed by atoms with E-state index in [-0.39, 0.29) is 5.91 Å². The van der Waals surface area contributed by atoms with Gasteiger partial charge >= 0.3 is 0 Å². The lowest BCUT2D eigenvalue weighted by Gasteiger charge is -2.36. The Labute approximate surface area is 125 Å². The Hall–Kier alpha value is -1.26. The fourth-order valence-electron chi connectivity index (χ4n) is 3.03. The van der Waals surface area contributed by atoms with Gasteiger partial charge in [-0.2, -0.15) is 0 Å². The second kappa shape index (κ2) is 6.46. The number of nitrogen functional groups attached to an aromatic ring is 1. The number of hydrazine groups is 1. The first-order valence-electron chi connectivity index (χ1n) is 7.08. The zero-order valence-electron chi connectivity index (χ0n) is 12.0. The number of hydrogen-bond donors (Lipinski definition) is 2. The molecule has 1 aliphatic carbocycles. The van der Waals surface area contributed by atoms with Crippen molar-refractivity contribution in [3.63, 3.8) is 0 Å². The maximum atomic E-state index is 12.7. The topological polar surface area (TPSA) is 58.4 Å². The largest absolute Gasteiger partial charge is 0.338 e. The normalized spacial score (nSPS) is 22.4. The van der Waals surface area contributed by atoms with Crippen LogP contribution >= 0.6 is 11.6 Å². The second-order valence-corrected chi connectivity index (χ2v) is 6.02. The molecule has 0 spiro atoms.